The van der Waals surface area contributed by atoms with Gasteiger partial charge in [-0.2, -0.15) is 0 Å². The molecule has 1 aromatic rings. The van der Waals surface area contributed by atoms with Gasteiger partial charge in [-0.15, -0.1) is 0 Å². The van der Waals surface area contributed by atoms with Crippen LogP contribution in [0.15, 0.2) is 12.1 Å². The van der Waals surface area contributed by atoms with Crippen LogP contribution in [-0.2, 0) is 6.54 Å². The molecule has 15 heavy (non-hydrogen) atoms. The van der Waals surface area contributed by atoms with Crippen molar-refractivity contribution >= 4 is 11.6 Å². The second kappa shape index (κ2) is 6.05. The van der Waals surface area contributed by atoms with Gasteiger partial charge in [0.15, 0.2) is 0 Å². The summed E-state index contributed by atoms with van der Waals surface area (Å²) in [5.74, 6) is -0.213. The third-order valence-corrected chi connectivity index (χ3v) is 2.55. The molecule has 0 amide bonds. The molecular weight excluding hydrogens is 215 g/mol. The Morgan fingerprint density at radius 2 is 2.20 bits per heavy atom. The molecule has 0 aromatic heterocycles. The minimum Gasteiger partial charge on any atom is -0.330 e. The number of benzene rings is 1. The van der Waals surface area contributed by atoms with Crippen LogP contribution in [0, 0.1) is 12.7 Å². The Kier molecular flexibility index (Phi) is 5.02. The summed E-state index contributed by atoms with van der Waals surface area (Å²) in [6.07, 6.45) is 0.909. The molecule has 0 fully saturated rings. The summed E-state index contributed by atoms with van der Waals surface area (Å²) in [5.41, 5.74) is 6.72. The van der Waals surface area contributed by atoms with E-state index in [-0.39, 0.29) is 5.82 Å². The lowest BCUT2D eigenvalue weighted by molar-refractivity contribution is 0.609. The van der Waals surface area contributed by atoms with Crippen LogP contribution < -0.4 is 11.1 Å². The molecule has 2 nitrogen and oxygen atoms in total. The van der Waals surface area contributed by atoms with Crippen molar-refractivity contribution in [3.8, 4) is 0 Å². The van der Waals surface area contributed by atoms with Crippen LogP contribution in [0.2, 0.25) is 5.02 Å². The standard InChI is InChI=1S/C11H16ClFN2/c1-8-5-10(12)9(6-11(8)13)7-15-4-2-3-14/h5-6,15H,2-4,7,14H2,1H3. The maximum absolute atomic E-state index is 13.2. The van der Waals surface area contributed by atoms with Gasteiger partial charge in [-0.3, -0.25) is 0 Å². The highest BCUT2D eigenvalue weighted by Gasteiger charge is 2.04. The molecule has 0 saturated carbocycles. The van der Waals surface area contributed by atoms with E-state index in [1.165, 1.54) is 6.07 Å². The number of nitrogens with one attached hydrogen (secondary N) is 1. The second-order valence-electron chi connectivity index (χ2n) is 3.51. The third-order valence-electron chi connectivity index (χ3n) is 2.20. The average Bonchev–Trinajstić information content (AvgIpc) is 2.20. The van der Waals surface area contributed by atoms with E-state index in [1.807, 2.05) is 0 Å². The molecule has 0 radical (unpaired) electrons. The first-order chi connectivity index (χ1) is 7.15. The van der Waals surface area contributed by atoms with Crippen LogP contribution in [0.1, 0.15) is 17.5 Å². The van der Waals surface area contributed by atoms with Gasteiger partial charge in [0.2, 0.25) is 0 Å². The van der Waals surface area contributed by atoms with Crippen molar-refractivity contribution in [2.45, 2.75) is 19.9 Å². The van der Waals surface area contributed by atoms with Crippen LogP contribution in [0.3, 0.4) is 0 Å². The molecule has 0 saturated heterocycles. The van der Waals surface area contributed by atoms with Crippen molar-refractivity contribution in [3.63, 3.8) is 0 Å². The highest BCUT2D eigenvalue weighted by atomic mass is 35.5. The summed E-state index contributed by atoms with van der Waals surface area (Å²) < 4.78 is 13.2. The molecule has 0 unspecified atom stereocenters. The van der Waals surface area contributed by atoms with Crippen molar-refractivity contribution < 1.29 is 4.39 Å². The molecule has 1 rings (SSSR count). The minimum atomic E-state index is -0.213. The van der Waals surface area contributed by atoms with Gasteiger partial charge in [0, 0.05) is 11.6 Å². The Hall–Kier alpha value is -0.640. The third kappa shape index (κ3) is 3.78. The number of hydrogen-bond donors (Lipinski definition) is 2. The second-order valence-corrected chi connectivity index (χ2v) is 3.92. The molecule has 84 valence electrons. The number of nitrogens with two attached hydrogens (primary N) is 1. The van der Waals surface area contributed by atoms with E-state index in [9.17, 15) is 4.39 Å². The molecule has 0 aliphatic rings. The Morgan fingerprint density at radius 3 is 2.87 bits per heavy atom. The number of rotatable bonds is 5. The van der Waals surface area contributed by atoms with Crippen molar-refractivity contribution in [1.82, 2.24) is 5.32 Å². The molecule has 4 heteroatoms. The average molecular weight is 231 g/mol. The summed E-state index contributed by atoms with van der Waals surface area (Å²) >= 11 is 5.98. The van der Waals surface area contributed by atoms with Gasteiger partial charge in [0.25, 0.3) is 0 Å². The quantitative estimate of drug-likeness (QED) is 0.762. The van der Waals surface area contributed by atoms with Crippen molar-refractivity contribution in [2.75, 3.05) is 13.1 Å². The van der Waals surface area contributed by atoms with Crippen molar-refractivity contribution in [1.29, 1.82) is 0 Å². The van der Waals surface area contributed by atoms with E-state index in [0.29, 0.717) is 23.7 Å². The zero-order valence-electron chi connectivity index (χ0n) is 8.82. The predicted octanol–water partition coefficient (Wildman–Crippen LogP) is 2.23. The number of hydrogen-bond acceptors (Lipinski definition) is 2. The van der Waals surface area contributed by atoms with Crippen LogP contribution in [0.4, 0.5) is 4.39 Å². The lowest BCUT2D eigenvalue weighted by Crippen LogP contribution is -2.18. The van der Waals surface area contributed by atoms with E-state index < -0.39 is 0 Å². The maximum Gasteiger partial charge on any atom is 0.126 e. The minimum absolute atomic E-state index is 0.213. The van der Waals surface area contributed by atoms with E-state index in [4.69, 9.17) is 17.3 Å². The van der Waals surface area contributed by atoms with Crippen LogP contribution >= 0.6 is 11.6 Å². The first kappa shape index (κ1) is 12.4. The molecule has 0 atom stereocenters. The van der Waals surface area contributed by atoms with Gasteiger partial charge < -0.3 is 11.1 Å². The summed E-state index contributed by atoms with van der Waals surface area (Å²) in [4.78, 5) is 0. The fraction of sp³-hybridized carbons (Fsp3) is 0.455. The molecular formula is C11H16ClFN2. The Bertz CT molecular complexity index is 329. The first-order valence-corrected chi connectivity index (χ1v) is 5.38. The highest BCUT2D eigenvalue weighted by Crippen LogP contribution is 2.20. The zero-order valence-corrected chi connectivity index (χ0v) is 9.57. The van der Waals surface area contributed by atoms with E-state index in [2.05, 4.69) is 5.32 Å². The molecule has 0 aliphatic carbocycles. The fourth-order valence-electron chi connectivity index (χ4n) is 1.27. The van der Waals surface area contributed by atoms with E-state index in [0.717, 1.165) is 18.5 Å². The molecule has 1 aromatic carbocycles. The summed E-state index contributed by atoms with van der Waals surface area (Å²) in [5, 5.41) is 3.76. The van der Waals surface area contributed by atoms with Crippen LogP contribution in [0.25, 0.3) is 0 Å². The lowest BCUT2D eigenvalue weighted by Gasteiger charge is -2.07. The summed E-state index contributed by atoms with van der Waals surface area (Å²) in [6, 6.07) is 3.13. The molecule has 3 N–H and O–H groups in total. The van der Waals surface area contributed by atoms with Gasteiger partial charge in [-0.25, -0.2) is 4.39 Å². The fourth-order valence-corrected chi connectivity index (χ4v) is 1.56. The molecule has 0 bridgehead atoms. The van der Waals surface area contributed by atoms with Gasteiger partial charge in [0.05, 0.1) is 0 Å². The topological polar surface area (TPSA) is 38.0 Å². The van der Waals surface area contributed by atoms with Crippen LogP contribution in [-0.4, -0.2) is 13.1 Å². The first-order valence-electron chi connectivity index (χ1n) is 5.00. The Balaban J connectivity index is 2.57. The van der Waals surface area contributed by atoms with Crippen molar-refractivity contribution in [2.24, 2.45) is 5.73 Å². The maximum atomic E-state index is 13.2. The van der Waals surface area contributed by atoms with Crippen molar-refractivity contribution in [3.05, 3.63) is 34.1 Å². The molecule has 0 heterocycles. The summed E-state index contributed by atoms with van der Waals surface area (Å²) in [7, 11) is 0. The van der Waals surface area contributed by atoms with E-state index >= 15 is 0 Å². The van der Waals surface area contributed by atoms with E-state index in [1.54, 1.807) is 13.0 Å². The predicted molar refractivity (Wildman–Crippen MR) is 61.5 cm³/mol. The van der Waals surface area contributed by atoms with Gasteiger partial charge >= 0.3 is 0 Å². The molecule has 0 aliphatic heterocycles. The monoisotopic (exact) mass is 230 g/mol. The normalized spacial score (nSPS) is 10.7. The zero-order chi connectivity index (χ0) is 11.3. The highest BCUT2D eigenvalue weighted by molar-refractivity contribution is 6.31. The molecule has 0 spiro atoms. The van der Waals surface area contributed by atoms with Gasteiger partial charge in [-0.1, -0.05) is 11.6 Å². The van der Waals surface area contributed by atoms with Gasteiger partial charge in [-0.05, 0) is 49.7 Å². The lowest BCUT2D eigenvalue weighted by atomic mass is 10.1. The SMILES string of the molecule is Cc1cc(Cl)c(CNCCCN)cc1F. The van der Waals surface area contributed by atoms with Crippen LogP contribution in [0.5, 0.6) is 0 Å². The largest absolute Gasteiger partial charge is 0.330 e. The number of aryl methyl sites for hydroxylation is 1. The number of halogens is 2. The van der Waals surface area contributed by atoms with Gasteiger partial charge in [0.1, 0.15) is 5.82 Å². The Morgan fingerprint density at radius 1 is 1.47 bits per heavy atom. The Labute approximate surface area is 94.6 Å². The summed E-state index contributed by atoms with van der Waals surface area (Å²) in [6.45, 7) is 3.76. The smallest absolute Gasteiger partial charge is 0.126 e.